The van der Waals surface area contributed by atoms with Gasteiger partial charge in [-0.3, -0.25) is 9.69 Å². The number of likely N-dealkylation sites (N-methyl/N-ethyl adjacent to an activating group) is 1. The standard InChI is InChI=1S/C13H26N2O3/c1-4-14-12(13(16)17-5-2)10-15-7-6-8-18-11(3)9-15/h11-12,14H,4-10H2,1-3H3. The van der Waals surface area contributed by atoms with E-state index >= 15 is 0 Å². The van der Waals surface area contributed by atoms with Crippen LogP contribution in [0.15, 0.2) is 0 Å². The molecular weight excluding hydrogens is 232 g/mol. The third-order valence-corrected chi connectivity index (χ3v) is 3.00. The van der Waals surface area contributed by atoms with Gasteiger partial charge in [0.15, 0.2) is 0 Å². The summed E-state index contributed by atoms with van der Waals surface area (Å²) >= 11 is 0. The highest BCUT2D eigenvalue weighted by atomic mass is 16.5. The molecule has 2 unspecified atom stereocenters. The third-order valence-electron chi connectivity index (χ3n) is 3.00. The Morgan fingerprint density at radius 3 is 3.00 bits per heavy atom. The molecule has 5 heteroatoms. The number of carbonyl (C=O) groups is 1. The average molecular weight is 258 g/mol. The van der Waals surface area contributed by atoms with Crippen molar-refractivity contribution < 1.29 is 14.3 Å². The lowest BCUT2D eigenvalue weighted by Crippen LogP contribution is -2.48. The largest absolute Gasteiger partial charge is 0.465 e. The van der Waals surface area contributed by atoms with Gasteiger partial charge in [-0.25, -0.2) is 0 Å². The van der Waals surface area contributed by atoms with E-state index in [1.807, 2.05) is 13.8 Å². The Balaban J connectivity index is 2.50. The monoisotopic (exact) mass is 258 g/mol. The van der Waals surface area contributed by atoms with Crippen molar-refractivity contribution in [2.45, 2.75) is 39.3 Å². The number of rotatable bonds is 6. The SMILES string of the molecule is CCNC(CN1CCCOC(C)C1)C(=O)OCC. The van der Waals surface area contributed by atoms with Crippen molar-refractivity contribution in [2.75, 3.05) is 39.4 Å². The number of hydrogen-bond acceptors (Lipinski definition) is 5. The summed E-state index contributed by atoms with van der Waals surface area (Å²) in [6.07, 6.45) is 1.25. The molecule has 2 atom stereocenters. The normalized spacial score (nSPS) is 23.4. The van der Waals surface area contributed by atoms with Crippen LogP contribution in [0.25, 0.3) is 0 Å². The summed E-state index contributed by atoms with van der Waals surface area (Å²) in [7, 11) is 0. The summed E-state index contributed by atoms with van der Waals surface area (Å²) in [6.45, 7) is 10.5. The molecule has 0 aromatic heterocycles. The van der Waals surface area contributed by atoms with E-state index in [0.29, 0.717) is 13.2 Å². The summed E-state index contributed by atoms with van der Waals surface area (Å²) in [6, 6.07) is -0.236. The van der Waals surface area contributed by atoms with Crippen molar-refractivity contribution >= 4 is 5.97 Å². The van der Waals surface area contributed by atoms with Crippen LogP contribution in [0.2, 0.25) is 0 Å². The van der Waals surface area contributed by atoms with Gasteiger partial charge in [0.25, 0.3) is 0 Å². The molecule has 1 fully saturated rings. The quantitative estimate of drug-likeness (QED) is 0.709. The van der Waals surface area contributed by atoms with E-state index < -0.39 is 0 Å². The highest BCUT2D eigenvalue weighted by Gasteiger charge is 2.24. The van der Waals surface area contributed by atoms with Gasteiger partial charge >= 0.3 is 5.97 Å². The van der Waals surface area contributed by atoms with Gasteiger partial charge in [0.2, 0.25) is 0 Å². The molecule has 1 rings (SSSR count). The minimum atomic E-state index is -0.236. The molecule has 106 valence electrons. The van der Waals surface area contributed by atoms with Gasteiger partial charge in [-0.15, -0.1) is 0 Å². The maximum Gasteiger partial charge on any atom is 0.324 e. The predicted molar refractivity (Wildman–Crippen MR) is 70.6 cm³/mol. The molecule has 0 aromatic carbocycles. The first-order valence-electron chi connectivity index (χ1n) is 6.91. The van der Waals surface area contributed by atoms with Crippen LogP contribution in [0, 0.1) is 0 Å². The Bertz CT molecular complexity index is 248. The molecule has 18 heavy (non-hydrogen) atoms. The maximum atomic E-state index is 11.8. The second-order valence-electron chi connectivity index (χ2n) is 4.66. The van der Waals surface area contributed by atoms with Crippen LogP contribution in [0.5, 0.6) is 0 Å². The molecule has 1 heterocycles. The van der Waals surface area contributed by atoms with Crippen molar-refractivity contribution in [3.05, 3.63) is 0 Å². The van der Waals surface area contributed by atoms with E-state index in [0.717, 1.165) is 32.7 Å². The lowest BCUT2D eigenvalue weighted by molar-refractivity contribution is -0.146. The second-order valence-corrected chi connectivity index (χ2v) is 4.66. The van der Waals surface area contributed by atoms with Crippen LogP contribution < -0.4 is 5.32 Å². The van der Waals surface area contributed by atoms with E-state index in [4.69, 9.17) is 9.47 Å². The molecule has 0 saturated carbocycles. The molecular formula is C13H26N2O3. The van der Waals surface area contributed by atoms with Crippen LogP contribution in [-0.4, -0.2) is 62.4 Å². The van der Waals surface area contributed by atoms with Gasteiger partial charge in [-0.1, -0.05) is 6.92 Å². The summed E-state index contributed by atoms with van der Waals surface area (Å²) in [4.78, 5) is 14.1. The highest BCUT2D eigenvalue weighted by Crippen LogP contribution is 2.06. The Morgan fingerprint density at radius 2 is 2.33 bits per heavy atom. The van der Waals surface area contributed by atoms with Gasteiger partial charge in [-0.2, -0.15) is 0 Å². The summed E-state index contributed by atoms with van der Waals surface area (Å²) in [5, 5.41) is 3.19. The van der Waals surface area contributed by atoms with Crippen LogP contribution in [-0.2, 0) is 14.3 Å². The predicted octanol–water partition coefficient (Wildman–Crippen LogP) is 0.638. The lowest BCUT2D eigenvalue weighted by Gasteiger charge is -2.26. The van der Waals surface area contributed by atoms with Crippen molar-refractivity contribution in [1.82, 2.24) is 10.2 Å². The van der Waals surface area contributed by atoms with E-state index in [1.165, 1.54) is 0 Å². The zero-order valence-electron chi connectivity index (χ0n) is 11.8. The van der Waals surface area contributed by atoms with Crippen LogP contribution in [0.1, 0.15) is 27.2 Å². The number of hydrogen-bond donors (Lipinski definition) is 1. The first-order chi connectivity index (χ1) is 8.67. The molecule has 0 bridgehead atoms. The molecule has 1 aliphatic rings. The van der Waals surface area contributed by atoms with Crippen LogP contribution in [0.4, 0.5) is 0 Å². The topological polar surface area (TPSA) is 50.8 Å². The number of carbonyl (C=O) groups excluding carboxylic acids is 1. The Hall–Kier alpha value is -0.650. The summed E-state index contributed by atoms with van der Waals surface area (Å²) in [5.74, 6) is -0.155. The first-order valence-corrected chi connectivity index (χ1v) is 6.91. The Morgan fingerprint density at radius 1 is 1.56 bits per heavy atom. The molecule has 0 aliphatic carbocycles. The highest BCUT2D eigenvalue weighted by molar-refractivity contribution is 5.76. The number of esters is 1. The van der Waals surface area contributed by atoms with Gasteiger partial charge in [0.05, 0.1) is 12.7 Å². The van der Waals surface area contributed by atoms with E-state index in [9.17, 15) is 4.79 Å². The Labute approximate surface area is 110 Å². The average Bonchev–Trinajstić information content (AvgIpc) is 2.53. The third kappa shape index (κ3) is 5.33. The molecule has 0 spiro atoms. The summed E-state index contributed by atoms with van der Waals surface area (Å²) < 4.78 is 10.7. The fraction of sp³-hybridized carbons (Fsp3) is 0.923. The van der Waals surface area contributed by atoms with Crippen molar-refractivity contribution in [3.8, 4) is 0 Å². The zero-order valence-corrected chi connectivity index (χ0v) is 11.8. The number of nitrogens with zero attached hydrogens (tertiary/aromatic N) is 1. The zero-order chi connectivity index (χ0) is 13.4. The van der Waals surface area contributed by atoms with E-state index in [1.54, 1.807) is 0 Å². The molecule has 0 amide bonds. The Kier molecular flexibility index (Phi) is 7.23. The molecule has 1 saturated heterocycles. The number of ether oxygens (including phenoxy) is 2. The molecule has 0 radical (unpaired) electrons. The first kappa shape index (κ1) is 15.4. The van der Waals surface area contributed by atoms with Gasteiger partial charge in [0.1, 0.15) is 6.04 Å². The van der Waals surface area contributed by atoms with Gasteiger partial charge < -0.3 is 14.8 Å². The minimum absolute atomic E-state index is 0.155. The van der Waals surface area contributed by atoms with Gasteiger partial charge in [-0.05, 0) is 26.8 Å². The second kappa shape index (κ2) is 8.45. The van der Waals surface area contributed by atoms with Crippen LogP contribution in [0.3, 0.4) is 0 Å². The van der Waals surface area contributed by atoms with Crippen molar-refractivity contribution in [3.63, 3.8) is 0 Å². The summed E-state index contributed by atoms with van der Waals surface area (Å²) in [5.41, 5.74) is 0. The fourth-order valence-corrected chi connectivity index (χ4v) is 2.22. The maximum absolute atomic E-state index is 11.8. The fourth-order valence-electron chi connectivity index (χ4n) is 2.22. The smallest absolute Gasteiger partial charge is 0.324 e. The number of nitrogens with one attached hydrogen (secondary N) is 1. The molecule has 1 N–H and O–H groups in total. The molecule has 5 nitrogen and oxygen atoms in total. The van der Waals surface area contributed by atoms with Crippen LogP contribution >= 0.6 is 0 Å². The van der Waals surface area contributed by atoms with E-state index in [2.05, 4.69) is 17.1 Å². The minimum Gasteiger partial charge on any atom is -0.465 e. The molecule has 0 aromatic rings. The van der Waals surface area contributed by atoms with Gasteiger partial charge in [0, 0.05) is 26.2 Å². The molecule has 1 aliphatic heterocycles. The van der Waals surface area contributed by atoms with Crippen molar-refractivity contribution in [2.24, 2.45) is 0 Å². The van der Waals surface area contributed by atoms with E-state index in [-0.39, 0.29) is 18.1 Å². The lowest BCUT2D eigenvalue weighted by atomic mass is 10.2. The van der Waals surface area contributed by atoms with Crippen molar-refractivity contribution in [1.29, 1.82) is 0 Å².